The highest BCUT2D eigenvalue weighted by Gasteiger charge is 2.25. The molecule has 1 atom stereocenters. The fourth-order valence-electron chi connectivity index (χ4n) is 1.91. The molecule has 0 heterocycles. The zero-order valence-electron chi connectivity index (χ0n) is 11.8. The molecule has 3 nitrogen and oxygen atoms in total. The Hall–Kier alpha value is -1.01. The first-order valence-electron chi connectivity index (χ1n) is 6.29. The summed E-state index contributed by atoms with van der Waals surface area (Å²) in [6.45, 7) is 6.16. The van der Waals surface area contributed by atoms with Crippen molar-refractivity contribution in [3.05, 3.63) is 28.2 Å². The minimum Gasteiger partial charge on any atom is -0.330 e. The molecule has 6 heteroatoms. The standard InChI is InChI=1S/C14H19BrF2N2O/c1-14(2,3)6-8(7-18)13(20)19-12-10(15)4-9(16)5-11(12)17/h4-5,8H,6-7,18H2,1-3H3,(H,19,20). The van der Waals surface area contributed by atoms with Crippen LogP contribution in [0, 0.1) is 23.0 Å². The molecule has 0 aliphatic heterocycles. The Balaban J connectivity index is 2.89. The van der Waals surface area contributed by atoms with E-state index < -0.39 is 17.6 Å². The first-order valence-corrected chi connectivity index (χ1v) is 7.09. The lowest BCUT2D eigenvalue weighted by Crippen LogP contribution is -2.32. The van der Waals surface area contributed by atoms with Crippen LogP contribution in [0.5, 0.6) is 0 Å². The number of hydrogen-bond donors (Lipinski definition) is 2. The van der Waals surface area contributed by atoms with Crippen LogP contribution in [-0.2, 0) is 4.79 Å². The van der Waals surface area contributed by atoms with Crippen molar-refractivity contribution in [3.63, 3.8) is 0 Å². The summed E-state index contributed by atoms with van der Waals surface area (Å²) in [4.78, 5) is 12.1. The quantitative estimate of drug-likeness (QED) is 0.871. The maximum atomic E-state index is 13.7. The lowest BCUT2D eigenvalue weighted by Gasteiger charge is -2.24. The van der Waals surface area contributed by atoms with Crippen molar-refractivity contribution >= 4 is 27.5 Å². The van der Waals surface area contributed by atoms with Crippen LogP contribution in [-0.4, -0.2) is 12.5 Å². The number of hydrogen-bond acceptors (Lipinski definition) is 2. The molecular formula is C14H19BrF2N2O. The predicted octanol–water partition coefficient (Wildman–Crippen LogP) is 3.68. The van der Waals surface area contributed by atoms with E-state index in [0.29, 0.717) is 6.42 Å². The van der Waals surface area contributed by atoms with Crippen LogP contribution in [0.3, 0.4) is 0 Å². The third kappa shape index (κ3) is 4.83. The number of benzene rings is 1. The molecule has 0 saturated carbocycles. The van der Waals surface area contributed by atoms with Crippen LogP contribution in [0.4, 0.5) is 14.5 Å². The molecule has 0 saturated heterocycles. The highest BCUT2D eigenvalue weighted by molar-refractivity contribution is 9.10. The Kier molecular flexibility index (Phi) is 5.65. The Morgan fingerprint density at radius 1 is 1.40 bits per heavy atom. The van der Waals surface area contributed by atoms with Crippen LogP contribution in [0.1, 0.15) is 27.2 Å². The maximum Gasteiger partial charge on any atom is 0.228 e. The molecule has 0 aliphatic carbocycles. The molecule has 1 rings (SSSR count). The van der Waals surface area contributed by atoms with Gasteiger partial charge >= 0.3 is 0 Å². The summed E-state index contributed by atoms with van der Waals surface area (Å²) in [6, 6.07) is 1.82. The first-order chi connectivity index (χ1) is 9.14. The van der Waals surface area contributed by atoms with Gasteiger partial charge < -0.3 is 11.1 Å². The van der Waals surface area contributed by atoms with Gasteiger partial charge in [-0.2, -0.15) is 0 Å². The highest BCUT2D eigenvalue weighted by Crippen LogP contribution is 2.29. The molecule has 0 spiro atoms. The molecule has 1 amide bonds. The van der Waals surface area contributed by atoms with Gasteiger partial charge in [-0.15, -0.1) is 0 Å². The van der Waals surface area contributed by atoms with E-state index in [4.69, 9.17) is 5.73 Å². The van der Waals surface area contributed by atoms with Gasteiger partial charge in [-0.1, -0.05) is 20.8 Å². The van der Waals surface area contributed by atoms with E-state index in [9.17, 15) is 13.6 Å². The number of halogens is 3. The van der Waals surface area contributed by atoms with Crippen LogP contribution < -0.4 is 11.1 Å². The summed E-state index contributed by atoms with van der Waals surface area (Å²) in [5.74, 6) is -2.32. The molecule has 112 valence electrons. The Bertz CT molecular complexity index is 477. The molecule has 0 bridgehead atoms. The highest BCUT2D eigenvalue weighted by atomic mass is 79.9. The lowest BCUT2D eigenvalue weighted by atomic mass is 9.84. The van der Waals surface area contributed by atoms with Crippen LogP contribution in [0.2, 0.25) is 0 Å². The van der Waals surface area contributed by atoms with Crippen LogP contribution in [0.15, 0.2) is 16.6 Å². The number of nitrogens with two attached hydrogens (primary N) is 1. The van der Waals surface area contributed by atoms with Gasteiger partial charge in [-0.05, 0) is 33.8 Å². The summed E-state index contributed by atoms with van der Waals surface area (Å²) in [5.41, 5.74) is 5.47. The van der Waals surface area contributed by atoms with Crippen molar-refractivity contribution in [1.29, 1.82) is 0 Å². The van der Waals surface area contributed by atoms with Crippen molar-refractivity contribution in [3.8, 4) is 0 Å². The Labute approximate surface area is 126 Å². The topological polar surface area (TPSA) is 55.1 Å². The molecule has 0 fully saturated rings. The zero-order chi connectivity index (χ0) is 15.5. The van der Waals surface area contributed by atoms with Gasteiger partial charge in [-0.25, -0.2) is 8.78 Å². The third-order valence-corrected chi connectivity index (χ3v) is 3.39. The number of nitrogens with one attached hydrogen (secondary N) is 1. The van der Waals surface area contributed by atoms with Gasteiger partial charge in [0.1, 0.15) is 5.82 Å². The molecular weight excluding hydrogens is 330 g/mol. The number of carbonyl (C=O) groups excluding carboxylic acids is 1. The third-order valence-electron chi connectivity index (χ3n) is 2.77. The lowest BCUT2D eigenvalue weighted by molar-refractivity contribution is -0.120. The summed E-state index contributed by atoms with van der Waals surface area (Å²) < 4.78 is 26.8. The van der Waals surface area contributed by atoms with E-state index >= 15 is 0 Å². The molecule has 1 aromatic rings. The Morgan fingerprint density at radius 3 is 2.45 bits per heavy atom. The van der Waals surface area contributed by atoms with E-state index in [1.807, 2.05) is 20.8 Å². The largest absolute Gasteiger partial charge is 0.330 e. The van der Waals surface area contributed by atoms with Gasteiger partial charge in [-0.3, -0.25) is 4.79 Å². The van der Waals surface area contributed by atoms with E-state index in [1.54, 1.807) is 0 Å². The molecule has 20 heavy (non-hydrogen) atoms. The Morgan fingerprint density at radius 2 is 2.00 bits per heavy atom. The molecule has 0 aliphatic rings. The van der Waals surface area contributed by atoms with Gasteiger partial charge in [0.05, 0.1) is 11.6 Å². The minimum atomic E-state index is -0.822. The van der Waals surface area contributed by atoms with E-state index in [2.05, 4.69) is 21.2 Å². The zero-order valence-corrected chi connectivity index (χ0v) is 13.4. The number of amides is 1. The summed E-state index contributed by atoms with van der Waals surface area (Å²) in [5, 5.41) is 2.47. The van der Waals surface area contributed by atoms with Crippen molar-refractivity contribution in [2.45, 2.75) is 27.2 Å². The van der Waals surface area contributed by atoms with Crippen LogP contribution in [0.25, 0.3) is 0 Å². The van der Waals surface area contributed by atoms with Crippen molar-refractivity contribution in [2.75, 3.05) is 11.9 Å². The molecule has 1 aromatic carbocycles. The fraction of sp³-hybridized carbons (Fsp3) is 0.500. The second-order valence-corrected chi connectivity index (χ2v) is 6.79. The SMILES string of the molecule is CC(C)(C)CC(CN)C(=O)Nc1c(F)cc(F)cc1Br. The predicted molar refractivity (Wildman–Crippen MR) is 79.3 cm³/mol. The molecule has 3 N–H and O–H groups in total. The minimum absolute atomic E-state index is 0.0660. The van der Waals surface area contributed by atoms with Gasteiger partial charge in [0.2, 0.25) is 5.91 Å². The summed E-state index contributed by atoms with van der Waals surface area (Å²) in [7, 11) is 0. The number of rotatable bonds is 4. The number of anilines is 1. The second kappa shape index (κ2) is 6.63. The average Bonchev–Trinajstić information content (AvgIpc) is 2.29. The van der Waals surface area contributed by atoms with Crippen LogP contribution >= 0.6 is 15.9 Å². The summed E-state index contributed by atoms with van der Waals surface area (Å²) in [6.07, 6.45) is 0.579. The van der Waals surface area contributed by atoms with E-state index in [1.165, 1.54) is 0 Å². The van der Waals surface area contributed by atoms with E-state index in [-0.39, 0.29) is 28.0 Å². The van der Waals surface area contributed by atoms with Gasteiger partial charge in [0.15, 0.2) is 5.82 Å². The summed E-state index contributed by atoms with van der Waals surface area (Å²) >= 11 is 3.03. The second-order valence-electron chi connectivity index (χ2n) is 5.93. The monoisotopic (exact) mass is 348 g/mol. The number of carbonyl (C=O) groups is 1. The normalized spacial score (nSPS) is 13.2. The maximum absolute atomic E-state index is 13.7. The van der Waals surface area contributed by atoms with Gasteiger partial charge in [0, 0.05) is 17.1 Å². The van der Waals surface area contributed by atoms with Gasteiger partial charge in [0.25, 0.3) is 0 Å². The van der Waals surface area contributed by atoms with E-state index in [0.717, 1.165) is 12.1 Å². The van der Waals surface area contributed by atoms with Crippen molar-refractivity contribution in [1.82, 2.24) is 0 Å². The molecule has 1 unspecified atom stereocenters. The molecule has 0 aromatic heterocycles. The van der Waals surface area contributed by atoms with Crippen molar-refractivity contribution < 1.29 is 13.6 Å². The van der Waals surface area contributed by atoms with Crippen molar-refractivity contribution in [2.24, 2.45) is 17.1 Å². The average molecular weight is 349 g/mol. The smallest absolute Gasteiger partial charge is 0.228 e. The molecule has 0 radical (unpaired) electrons. The fourth-order valence-corrected chi connectivity index (χ4v) is 2.42. The first kappa shape index (κ1) is 17.0.